The van der Waals surface area contributed by atoms with Crippen LogP contribution in [0.1, 0.15) is 24.2 Å². The lowest BCUT2D eigenvalue weighted by Crippen LogP contribution is -2.50. The second-order valence-electron chi connectivity index (χ2n) is 10.0. The van der Waals surface area contributed by atoms with Crippen LogP contribution in [0, 0.1) is 5.92 Å². The van der Waals surface area contributed by atoms with Gasteiger partial charge in [0.25, 0.3) is 5.91 Å². The molecule has 1 aliphatic rings. The Labute approximate surface area is 224 Å². The van der Waals surface area contributed by atoms with Gasteiger partial charge >= 0.3 is 6.03 Å². The second kappa shape index (κ2) is 13.3. The van der Waals surface area contributed by atoms with Crippen LogP contribution < -0.4 is 15.4 Å². The van der Waals surface area contributed by atoms with Crippen molar-refractivity contribution in [3.8, 4) is 5.75 Å². The number of carbonyl (C=O) groups excluding carboxylic acids is 3. The second-order valence-corrected chi connectivity index (χ2v) is 10.0. The van der Waals surface area contributed by atoms with Crippen molar-refractivity contribution in [2.24, 2.45) is 5.92 Å². The number of carbonyl (C=O) groups is 3. The summed E-state index contributed by atoms with van der Waals surface area (Å²) in [5.74, 6) is 0.0806. The molecule has 2 N–H and O–H groups in total. The van der Waals surface area contributed by atoms with Crippen molar-refractivity contribution in [3.05, 3.63) is 54.1 Å². The number of methoxy groups -OCH3 is 1. The van der Waals surface area contributed by atoms with Gasteiger partial charge in [0.05, 0.1) is 24.3 Å². The molecule has 1 aliphatic heterocycles. The van der Waals surface area contributed by atoms with Crippen LogP contribution in [0.2, 0.25) is 0 Å². The van der Waals surface area contributed by atoms with Gasteiger partial charge in [-0.3, -0.25) is 9.59 Å². The minimum Gasteiger partial charge on any atom is -0.491 e. The van der Waals surface area contributed by atoms with Crippen molar-refractivity contribution < 1.29 is 23.9 Å². The highest BCUT2D eigenvalue weighted by Gasteiger charge is 2.30. The van der Waals surface area contributed by atoms with Gasteiger partial charge in [0.2, 0.25) is 5.91 Å². The number of benzene rings is 2. The fourth-order valence-electron chi connectivity index (χ4n) is 4.37. The number of fused-ring (bicyclic) bond motifs is 1. The van der Waals surface area contributed by atoms with Gasteiger partial charge in [-0.15, -0.1) is 0 Å². The van der Waals surface area contributed by atoms with Gasteiger partial charge in [0.15, 0.2) is 0 Å². The van der Waals surface area contributed by atoms with Crippen molar-refractivity contribution in [2.75, 3.05) is 65.1 Å². The van der Waals surface area contributed by atoms with Gasteiger partial charge in [-0.25, -0.2) is 4.79 Å². The molecule has 38 heavy (non-hydrogen) atoms. The molecule has 3 atom stereocenters. The number of rotatable bonds is 5. The third-order valence-electron chi connectivity index (χ3n) is 6.51. The lowest BCUT2D eigenvalue weighted by atomic mass is 10.0. The lowest BCUT2D eigenvalue weighted by Gasteiger charge is -2.36. The molecule has 0 spiro atoms. The topological polar surface area (TPSA) is 103 Å². The summed E-state index contributed by atoms with van der Waals surface area (Å²) in [4.78, 5) is 44.3. The Balaban J connectivity index is 1.89. The molecule has 2 aromatic rings. The van der Waals surface area contributed by atoms with E-state index in [0.29, 0.717) is 35.8 Å². The van der Waals surface area contributed by atoms with Gasteiger partial charge in [0, 0.05) is 50.6 Å². The molecule has 10 heteroatoms. The molecule has 206 valence electrons. The van der Waals surface area contributed by atoms with Crippen molar-refractivity contribution in [1.29, 1.82) is 0 Å². The first-order chi connectivity index (χ1) is 18.1. The summed E-state index contributed by atoms with van der Waals surface area (Å²) in [6.45, 7) is 5.21. The van der Waals surface area contributed by atoms with Crippen molar-refractivity contribution in [3.63, 3.8) is 0 Å². The average Bonchev–Trinajstić information content (AvgIpc) is 2.87. The third-order valence-corrected chi connectivity index (χ3v) is 6.51. The van der Waals surface area contributed by atoms with E-state index in [1.807, 2.05) is 55.9 Å². The molecule has 1 heterocycles. The molecule has 0 aliphatic carbocycles. The van der Waals surface area contributed by atoms with Crippen LogP contribution in [0.25, 0.3) is 0 Å². The van der Waals surface area contributed by atoms with Crippen LogP contribution in [-0.4, -0.2) is 99.2 Å². The van der Waals surface area contributed by atoms with Crippen molar-refractivity contribution in [2.45, 2.75) is 26.0 Å². The highest BCUT2D eigenvalue weighted by atomic mass is 16.5. The number of amides is 4. The number of hydrogen-bond donors (Lipinski definition) is 2. The molecule has 0 fully saturated rings. The van der Waals surface area contributed by atoms with Gasteiger partial charge in [-0.05, 0) is 45.3 Å². The molecular weight excluding hydrogens is 486 g/mol. The number of nitrogens with one attached hydrogen (secondary N) is 2. The van der Waals surface area contributed by atoms with Crippen molar-refractivity contribution >= 4 is 29.2 Å². The number of hydrogen-bond acceptors (Lipinski definition) is 6. The fourth-order valence-corrected chi connectivity index (χ4v) is 4.37. The summed E-state index contributed by atoms with van der Waals surface area (Å²) in [6, 6.07) is 13.4. The van der Waals surface area contributed by atoms with E-state index in [1.165, 1.54) is 0 Å². The van der Waals surface area contributed by atoms with E-state index in [0.717, 1.165) is 0 Å². The molecule has 0 saturated carbocycles. The first-order valence-electron chi connectivity index (χ1n) is 12.7. The van der Waals surface area contributed by atoms with Gasteiger partial charge < -0.3 is 34.8 Å². The Bertz CT molecular complexity index is 1110. The van der Waals surface area contributed by atoms with Crippen LogP contribution in [0.15, 0.2) is 48.5 Å². The van der Waals surface area contributed by atoms with E-state index >= 15 is 0 Å². The first-order valence-corrected chi connectivity index (χ1v) is 12.7. The zero-order valence-electron chi connectivity index (χ0n) is 23.1. The van der Waals surface area contributed by atoms with Crippen LogP contribution >= 0.6 is 0 Å². The predicted molar refractivity (Wildman–Crippen MR) is 148 cm³/mol. The molecule has 0 bridgehead atoms. The summed E-state index contributed by atoms with van der Waals surface area (Å²) in [6.07, 6.45) is -0.266. The smallest absolute Gasteiger partial charge is 0.323 e. The Morgan fingerprint density at radius 1 is 1.05 bits per heavy atom. The number of para-hydroxylation sites is 1. The molecule has 0 saturated heterocycles. The maximum absolute atomic E-state index is 13.4. The van der Waals surface area contributed by atoms with E-state index in [2.05, 4.69) is 10.6 Å². The number of anilines is 2. The highest BCUT2D eigenvalue weighted by Crippen LogP contribution is 2.27. The molecule has 2 aromatic carbocycles. The highest BCUT2D eigenvalue weighted by molar-refractivity contribution is 6.01. The van der Waals surface area contributed by atoms with E-state index in [9.17, 15) is 14.4 Å². The predicted octanol–water partition coefficient (Wildman–Crippen LogP) is 3.22. The third kappa shape index (κ3) is 7.69. The lowest BCUT2D eigenvalue weighted by molar-refractivity contribution is -0.136. The molecule has 4 amide bonds. The van der Waals surface area contributed by atoms with Crippen LogP contribution in [0.4, 0.5) is 16.2 Å². The normalized spacial score (nSPS) is 20.6. The monoisotopic (exact) mass is 525 g/mol. The number of likely N-dealkylation sites (N-methyl/N-ethyl adjacent to an activating group) is 2. The van der Waals surface area contributed by atoms with E-state index in [1.54, 1.807) is 49.4 Å². The molecule has 3 rings (SSSR count). The Morgan fingerprint density at radius 3 is 2.39 bits per heavy atom. The van der Waals surface area contributed by atoms with Crippen LogP contribution in [0.3, 0.4) is 0 Å². The minimum atomic E-state index is -0.418. The van der Waals surface area contributed by atoms with Crippen LogP contribution in [0.5, 0.6) is 5.75 Å². The molecular formula is C28H39N5O5. The summed E-state index contributed by atoms with van der Waals surface area (Å²) in [7, 11) is 7.05. The van der Waals surface area contributed by atoms with Crippen LogP contribution in [-0.2, 0) is 9.53 Å². The van der Waals surface area contributed by atoms with Gasteiger partial charge in [-0.1, -0.05) is 25.1 Å². The van der Waals surface area contributed by atoms with E-state index in [-0.39, 0.29) is 43.0 Å². The summed E-state index contributed by atoms with van der Waals surface area (Å²) in [5.41, 5.74) is 1.49. The van der Waals surface area contributed by atoms with E-state index in [4.69, 9.17) is 9.47 Å². The zero-order valence-corrected chi connectivity index (χ0v) is 23.1. The zero-order chi connectivity index (χ0) is 27.8. The first kappa shape index (κ1) is 28.9. The van der Waals surface area contributed by atoms with E-state index < -0.39 is 6.03 Å². The number of urea groups is 1. The summed E-state index contributed by atoms with van der Waals surface area (Å²) in [5, 5.41) is 5.56. The molecule has 0 aromatic heterocycles. The number of nitrogens with zero attached hydrogens (tertiary/aromatic N) is 3. The molecule has 0 radical (unpaired) electrons. The number of ether oxygens (including phenoxy) is 2. The maximum Gasteiger partial charge on any atom is 0.323 e. The van der Waals surface area contributed by atoms with Crippen molar-refractivity contribution in [1.82, 2.24) is 14.7 Å². The summed E-state index contributed by atoms with van der Waals surface area (Å²) < 4.78 is 11.9. The standard InChI is InChI=1S/C28H39N5O5/c1-19-15-33(26(34)17-31(3)4)20(2)18-38-24-14-22(30-28(36)29-21-10-8-7-9-11-21)12-13-23(24)27(35)32(5)16-25(19)37-6/h7-14,19-20,25H,15-18H2,1-6H3,(H2,29,30,36)/t19-,20-,25+/m1/s1. The summed E-state index contributed by atoms with van der Waals surface area (Å²) >= 11 is 0. The Kier molecular flexibility index (Phi) is 10.1. The molecule has 10 nitrogen and oxygen atoms in total. The van der Waals surface area contributed by atoms with Gasteiger partial charge in [-0.2, -0.15) is 0 Å². The maximum atomic E-state index is 13.4. The average molecular weight is 526 g/mol. The fraction of sp³-hybridized carbons (Fsp3) is 0.464. The SMILES string of the molecule is CO[C@H]1CN(C)C(=O)c2ccc(NC(=O)Nc3ccccc3)cc2OC[C@@H](C)N(C(=O)CN(C)C)C[C@H]1C. The largest absolute Gasteiger partial charge is 0.491 e. The molecule has 0 unspecified atom stereocenters. The Morgan fingerprint density at radius 2 is 1.74 bits per heavy atom. The Hall–Kier alpha value is -3.63. The quantitative estimate of drug-likeness (QED) is 0.621. The van der Waals surface area contributed by atoms with Gasteiger partial charge in [0.1, 0.15) is 12.4 Å². The minimum absolute atomic E-state index is 0.0116.